The second-order valence-electron chi connectivity index (χ2n) is 5.88. The molecule has 0 radical (unpaired) electrons. The molecule has 24 heavy (non-hydrogen) atoms. The first-order valence-electron chi connectivity index (χ1n) is 7.35. The number of hydrogen-bond acceptors (Lipinski definition) is 6. The van der Waals surface area contributed by atoms with Gasteiger partial charge in [-0.2, -0.15) is 0 Å². The lowest BCUT2D eigenvalue weighted by Crippen LogP contribution is -2.32. The van der Waals surface area contributed by atoms with Crippen molar-refractivity contribution >= 4 is 31.6 Å². The third kappa shape index (κ3) is 3.94. The minimum Gasteiger partial charge on any atom is -0.308 e. The number of benzene rings is 1. The van der Waals surface area contributed by atoms with Gasteiger partial charge in [0.15, 0.2) is 0 Å². The average Bonchev–Trinajstić information content (AvgIpc) is 2.71. The molecule has 0 bridgehead atoms. The van der Waals surface area contributed by atoms with Gasteiger partial charge in [-0.1, -0.05) is 0 Å². The Labute approximate surface area is 142 Å². The van der Waals surface area contributed by atoms with Crippen molar-refractivity contribution in [2.45, 2.75) is 18.2 Å². The number of sulfonamides is 2. The van der Waals surface area contributed by atoms with Gasteiger partial charge in [0.25, 0.3) is 0 Å². The summed E-state index contributed by atoms with van der Waals surface area (Å²) in [5.41, 5.74) is 0.544. The molecule has 0 atom stereocenters. The van der Waals surface area contributed by atoms with Crippen LogP contribution in [0.3, 0.4) is 0 Å². The van der Waals surface area contributed by atoms with Crippen molar-refractivity contribution < 1.29 is 21.6 Å². The number of carbonyl (C=O) groups excluding carboxylic acids is 1. The molecule has 134 valence electrons. The molecular formula is C14H21N3O5S2. The Morgan fingerprint density at radius 1 is 1.29 bits per heavy atom. The van der Waals surface area contributed by atoms with E-state index in [4.69, 9.17) is 0 Å². The highest BCUT2D eigenvalue weighted by Gasteiger charge is 2.36. The number of nitrogens with zero attached hydrogens (tertiary/aromatic N) is 2. The SMILES string of the molecule is Cc1cc(N2C(=O)CCS2(=O)=O)ccc1S(=O)(=O)NCCN(C)C. The predicted molar refractivity (Wildman–Crippen MR) is 90.8 cm³/mol. The first kappa shape index (κ1) is 18.8. The summed E-state index contributed by atoms with van der Waals surface area (Å²) in [6.45, 7) is 2.38. The van der Waals surface area contributed by atoms with Gasteiger partial charge in [0.2, 0.25) is 26.0 Å². The van der Waals surface area contributed by atoms with Crippen LogP contribution in [0.1, 0.15) is 12.0 Å². The van der Waals surface area contributed by atoms with E-state index >= 15 is 0 Å². The van der Waals surface area contributed by atoms with E-state index in [0.717, 1.165) is 4.31 Å². The molecule has 2 rings (SSSR count). The Morgan fingerprint density at radius 3 is 2.46 bits per heavy atom. The Kier molecular flexibility index (Phi) is 5.33. The van der Waals surface area contributed by atoms with Crippen LogP contribution in [0, 0.1) is 6.92 Å². The lowest BCUT2D eigenvalue weighted by molar-refractivity contribution is -0.116. The molecule has 1 aromatic rings. The van der Waals surface area contributed by atoms with Gasteiger partial charge in [-0.15, -0.1) is 0 Å². The number of nitrogens with one attached hydrogen (secondary N) is 1. The van der Waals surface area contributed by atoms with E-state index in [1.165, 1.54) is 18.2 Å². The molecule has 1 N–H and O–H groups in total. The van der Waals surface area contributed by atoms with Crippen LogP contribution in [0.4, 0.5) is 5.69 Å². The maximum Gasteiger partial charge on any atom is 0.242 e. The molecule has 1 heterocycles. The fourth-order valence-electron chi connectivity index (χ4n) is 2.41. The van der Waals surface area contributed by atoms with Crippen LogP contribution < -0.4 is 9.03 Å². The van der Waals surface area contributed by atoms with Crippen molar-refractivity contribution in [2.24, 2.45) is 0 Å². The van der Waals surface area contributed by atoms with Crippen LogP contribution in [0.15, 0.2) is 23.1 Å². The van der Waals surface area contributed by atoms with Gasteiger partial charge in [-0.25, -0.2) is 25.9 Å². The smallest absolute Gasteiger partial charge is 0.242 e. The molecule has 0 saturated carbocycles. The molecule has 1 amide bonds. The maximum absolute atomic E-state index is 12.3. The van der Waals surface area contributed by atoms with Crippen LogP contribution >= 0.6 is 0 Å². The Morgan fingerprint density at radius 2 is 1.96 bits per heavy atom. The predicted octanol–water partition coefficient (Wildman–Crippen LogP) is -0.0986. The Hall–Kier alpha value is -1.49. The fourth-order valence-corrected chi connectivity index (χ4v) is 5.11. The minimum atomic E-state index is -3.70. The largest absolute Gasteiger partial charge is 0.308 e. The van der Waals surface area contributed by atoms with Crippen LogP contribution in [0.2, 0.25) is 0 Å². The van der Waals surface area contributed by atoms with Crippen LogP contribution in [-0.4, -0.2) is 60.6 Å². The zero-order valence-corrected chi connectivity index (χ0v) is 15.4. The molecule has 0 unspecified atom stereocenters. The van der Waals surface area contributed by atoms with Gasteiger partial charge in [0, 0.05) is 19.5 Å². The molecule has 0 aromatic heterocycles. The van der Waals surface area contributed by atoms with E-state index in [1.807, 2.05) is 19.0 Å². The lowest BCUT2D eigenvalue weighted by Gasteiger charge is -2.17. The highest BCUT2D eigenvalue weighted by molar-refractivity contribution is 7.94. The molecule has 1 fully saturated rings. The fraction of sp³-hybridized carbons (Fsp3) is 0.500. The highest BCUT2D eigenvalue weighted by atomic mass is 32.2. The summed E-state index contributed by atoms with van der Waals surface area (Å²) in [5.74, 6) is -0.731. The van der Waals surface area contributed by atoms with Gasteiger partial charge in [0.1, 0.15) is 0 Å². The molecular weight excluding hydrogens is 354 g/mol. The van der Waals surface area contributed by atoms with Crippen LogP contribution in [0.5, 0.6) is 0 Å². The quantitative estimate of drug-likeness (QED) is 0.745. The molecule has 10 heteroatoms. The normalized spacial score (nSPS) is 17.7. The van der Waals surface area contributed by atoms with Gasteiger partial charge in [0.05, 0.1) is 16.3 Å². The van der Waals surface area contributed by atoms with Gasteiger partial charge in [-0.05, 0) is 44.8 Å². The highest BCUT2D eigenvalue weighted by Crippen LogP contribution is 2.28. The number of rotatable bonds is 6. The summed E-state index contributed by atoms with van der Waals surface area (Å²) in [7, 11) is -3.69. The van der Waals surface area contributed by atoms with Crippen molar-refractivity contribution in [1.82, 2.24) is 9.62 Å². The Bertz CT molecular complexity index is 847. The first-order chi connectivity index (χ1) is 11.0. The van der Waals surface area contributed by atoms with E-state index < -0.39 is 26.0 Å². The van der Waals surface area contributed by atoms with E-state index in [2.05, 4.69) is 4.72 Å². The average molecular weight is 375 g/mol. The van der Waals surface area contributed by atoms with E-state index in [1.54, 1.807) is 6.92 Å². The number of anilines is 1. The molecule has 1 aliphatic rings. The van der Waals surface area contributed by atoms with Crippen LogP contribution in [0.25, 0.3) is 0 Å². The van der Waals surface area contributed by atoms with Crippen molar-refractivity contribution in [3.05, 3.63) is 23.8 Å². The first-order valence-corrected chi connectivity index (χ1v) is 10.4. The van der Waals surface area contributed by atoms with Crippen LogP contribution in [-0.2, 0) is 24.8 Å². The molecule has 1 aromatic carbocycles. The van der Waals surface area contributed by atoms with E-state index in [9.17, 15) is 21.6 Å². The summed E-state index contributed by atoms with van der Waals surface area (Å²) in [6, 6.07) is 4.07. The summed E-state index contributed by atoms with van der Waals surface area (Å²) in [6.07, 6.45) is -0.0620. The topological polar surface area (TPSA) is 104 Å². The second kappa shape index (κ2) is 6.79. The second-order valence-corrected chi connectivity index (χ2v) is 9.55. The summed E-state index contributed by atoms with van der Waals surface area (Å²) >= 11 is 0. The minimum absolute atomic E-state index is 0.0620. The zero-order chi connectivity index (χ0) is 18.1. The van der Waals surface area contributed by atoms with E-state index in [0.29, 0.717) is 12.1 Å². The van der Waals surface area contributed by atoms with Gasteiger partial charge >= 0.3 is 0 Å². The summed E-state index contributed by atoms with van der Waals surface area (Å²) in [4.78, 5) is 13.7. The van der Waals surface area contributed by atoms with Gasteiger partial charge < -0.3 is 4.90 Å². The number of amides is 1. The van der Waals surface area contributed by atoms with E-state index in [-0.39, 0.29) is 29.3 Å². The number of likely N-dealkylation sites (N-methyl/N-ethyl adjacent to an activating group) is 1. The van der Waals surface area contributed by atoms with Crippen molar-refractivity contribution in [2.75, 3.05) is 37.2 Å². The standard InChI is InChI=1S/C14H21N3O5S2/c1-11-10-12(17-14(18)6-9-23(17,19)20)4-5-13(11)24(21,22)15-7-8-16(2)3/h4-5,10,15H,6-9H2,1-3H3. The third-order valence-corrected chi connectivity index (χ3v) is 6.92. The third-order valence-electron chi connectivity index (χ3n) is 3.61. The van der Waals surface area contributed by atoms with Crippen molar-refractivity contribution in [3.8, 4) is 0 Å². The molecule has 8 nitrogen and oxygen atoms in total. The number of hydrogen-bond donors (Lipinski definition) is 1. The van der Waals surface area contributed by atoms with Crippen molar-refractivity contribution in [3.63, 3.8) is 0 Å². The Balaban J connectivity index is 2.29. The summed E-state index contributed by atoms with van der Waals surface area (Å²) in [5, 5.41) is 0. The number of carbonyl (C=O) groups is 1. The summed E-state index contributed by atoms with van der Waals surface area (Å²) < 4.78 is 51.8. The molecule has 0 spiro atoms. The monoisotopic (exact) mass is 375 g/mol. The molecule has 0 aliphatic carbocycles. The van der Waals surface area contributed by atoms with Gasteiger partial charge in [-0.3, -0.25) is 4.79 Å². The van der Waals surface area contributed by atoms with Crippen molar-refractivity contribution in [1.29, 1.82) is 0 Å². The maximum atomic E-state index is 12.3. The molecule has 1 saturated heterocycles. The lowest BCUT2D eigenvalue weighted by atomic mass is 10.2. The number of aryl methyl sites for hydroxylation is 1. The molecule has 1 aliphatic heterocycles. The zero-order valence-electron chi connectivity index (χ0n) is 13.8.